The fourth-order valence-electron chi connectivity index (χ4n) is 3.59. The Hall–Kier alpha value is -3.53. The maximum atomic E-state index is 13.3. The first-order valence-electron chi connectivity index (χ1n) is 10.6. The summed E-state index contributed by atoms with van der Waals surface area (Å²) in [4.78, 5) is 29.1. The first kappa shape index (κ1) is 22.3. The summed E-state index contributed by atoms with van der Waals surface area (Å²) in [7, 11) is 0. The van der Waals surface area contributed by atoms with Gasteiger partial charge in [-0.15, -0.1) is 0 Å². The lowest BCUT2D eigenvalue weighted by atomic mass is 10.2. The smallest absolute Gasteiger partial charge is 0.241 e. The molecule has 0 amide bonds. The Kier molecular flexibility index (Phi) is 5.91. The molecule has 4 aromatic rings. The van der Waals surface area contributed by atoms with E-state index in [-0.39, 0.29) is 16.6 Å². The van der Waals surface area contributed by atoms with E-state index in [9.17, 15) is 9.59 Å². The van der Waals surface area contributed by atoms with Crippen LogP contribution in [0.2, 0.25) is 0 Å². The normalized spacial score (nSPS) is 17.6. The van der Waals surface area contributed by atoms with E-state index in [4.69, 9.17) is 4.98 Å². The minimum atomic E-state index is -1.39. The summed E-state index contributed by atoms with van der Waals surface area (Å²) < 4.78 is 1.02. The molecule has 9 heteroatoms. The van der Waals surface area contributed by atoms with Crippen LogP contribution in [-0.4, -0.2) is 26.6 Å². The molecule has 1 aliphatic rings. The van der Waals surface area contributed by atoms with Gasteiger partial charge < -0.3 is 0 Å². The number of anilines is 3. The molecule has 0 fully saturated rings. The van der Waals surface area contributed by atoms with Gasteiger partial charge in [-0.2, -0.15) is 10.5 Å². The number of para-hydroxylation sites is 3. The predicted octanol–water partition coefficient (Wildman–Crippen LogP) is 5.34. The number of thioether (sulfide) groups is 1. The molecule has 1 aromatic heterocycles. The number of hydrogen-bond acceptors (Lipinski definition) is 9. The summed E-state index contributed by atoms with van der Waals surface area (Å²) in [5.41, 5.74) is 5.76. The number of aromatic nitrogens is 1. The van der Waals surface area contributed by atoms with E-state index in [1.54, 1.807) is 10.0 Å². The molecule has 0 spiro atoms. The van der Waals surface area contributed by atoms with Gasteiger partial charge in [0.2, 0.25) is 10.1 Å². The standard InChI is InChI=1S/C25H21N5O2S2/c1-17(31)23-27-30(20-13-7-4-8-14-20)25(34-23,18(2)32)28-29(19-11-5-3-6-12-19)24-26-21-15-9-10-16-22(21)33-24/h3-16,28H,1-2H3/t25-/m0/s1. The molecule has 2 heterocycles. The number of rotatable bonds is 7. The second-order valence-corrected chi connectivity index (χ2v) is 9.85. The van der Waals surface area contributed by atoms with Gasteiger partial charge in [0, 0.05) is 6.92 Å². The molecule has 1 N–H and O–H groups in total. The third-order valence-electron chi connectivity index (χ3n) is 5.26. The van der Waals surface area contributed by atoms with Gasteiger partial charge in [0.15, 0.2) is 16.6 Å². The summed E-state index contributed by atoms with van der Waals surface area (Å²) >= 11 is 2.61. The summed E-state index contributed by atoms with van der Waals surface area (Å²) in [5, 5.41) is 8.85. The van der Waals surface area contributed by atoms with E-state index in [1.165, 1.54) is 25.2 Å². The highest BCUT2D eigenvalue weighted by molar-refractivity contribution is 8.17. The van der Waals surface area contributed by atoms with Crippen LogP contribution in [0.5, 0.6) is 0 Å². The molecular weight excluding hydrogens is 466 g/mol. The average Bonchev–Trinajstić information content (AvgIpc) is 3.46. The molecule has 7 nitrogen and oxygen atoms in total. The van der Waals surface area contributed by atoms with Crippen LogP contribution < -0.4 is 15.4 Å². The second kappa shape index (κ2) is 9.02. The number of fused-ring (bicyclic) bond motifs is 1. The molecule has 0 unspecified atom stereocenters. The van der Waals surface area contributed by atoms with Crippen molar-refractivity contribution in [1.29, 1.82) is 0 Å². The van der Waals surface area contributed by atoms with E-state index >= 15 is 0 Å². The van der Waals surface area contributed by atoms with Gasteiger partial charge in [-0.25, -0.2) is 15.0 Å². The van der Waals surface area contributed by atoms with Crippen molar-refractivity contribution in [3.05, 3.63) is 84.9 Å². The minimum Gasteiger partial charge on any atom is -0.295 e. The SMILES string of the molecule is CC(=O)C1=NN(c2ccccc2)[C@@](NN(c2ccccc2)c2nc3ccccc3s2)(C(C)=O)S1. The van der Waals surface area contributed by atoms with Gasteiger partial charge in [0.05, 0.1) is 21.6 Å². The Balaban J connectivity index is 1.65. The van der Waals surface area contributed by atoms with Crippen LogP contribution in [-0.2, 0) is 9.59 Å². The zero-order chi connectivity index (χ0) is 23.7. The van der Waals surface area contributed by atoms with Gasteiger partial charge in [-0.1, -0.05) is 59.9 Å². The summed E-state index contributed by atoms with van der Waals surface area (Å²) in [5.74, 6) is -0.412. The molecule has 0 saturated heterocycles. The number of nitrogens with zero attached hydrogens (tertiary/aromatic N) is 4. The molecule has 0 aliphatic carbocycles. The van der Waals surface area contributed by atoms with Crippen molar-refractivity contribution in [1.82, 2.24) is 10.4 Å². The van der Waals surface area contributed by atoms with Crippen LogP contribution in [0.4, 0.5) is 16.5 Å². The van der Waals surface area contributed by atoms with Crippen molar-refractivity contribution < 1.29 is 9.59 Å². The number of carbonyl (C=O) groups is 2. The van der Waals surface area contributed by atoms with Crippen molar-refractivity contribution in [2.45, 2.75) is 18.8 Å². The number of Topliss-reactive ketones (excluding diaryl/α,β-unsaturated/α-hetero) is 2. The average molecular weight is 488 g/mol. The van der Waals surface area contributed by atoms with Crippen molar-refractivity contribution in [3.63, 3.8) is 0 Å². The minimum absolute atomic E-state index is 0.205. The molecule has 34 heavy (non-hydrogen) atoms. The van der Waals surface area contributed by atoms with Crippen LogP contribution in [0.25, 0.3) is 10.2 Å². The maximum Gasteiger partial charge on any atom is 0.241 e. The highest BCUT2D eigenvalue weighted by atomic mass is 32.2. The first-order chi connectivity index (χ1) is 16.5. The van der Waals surface area contributed by atoms with Crippen LogP contribution in [0, 0.1) is 0 Å². The van der Waals surface area contributed by atoms with Gasteiger partial charge in [0.25, 0.3) is 0 Å². The van der Waals surface area contributed by atoms with Gasteiger partial charge in [0.1, 0.15) is 0 Å². The summed E-state index contributed by atoms with van der Waals surface area (Å²) in [6.07, 6.45) is 0. The lowest BCUT2D eigenvalue weighted by Crippen LogP contribution is -2.62. The van der Waals surface area contributed by atoms with Crippen LogP contribution in [0.1, 0.15) is 13.8 Å². The second-order valence-electron chi connectivity index (χ2n) is 7.66. The Morgan fingerprint density at radius 2 is 1.56 bits per heavy atom. The van der Waals surface area contributed by atoms with E-state index in [2.05, 4.69) is 10.5 Å². The topological polar surface area (TPSA) is 77.9 Å². The molecule has 0 saturated carbocycles. The number of thiazole rings is 1. The number of benzene rings is 3. The zero-order valence-corrected chi connectivity index (χ0v) is 20.1. The summed E-state index contributed by atoms with van der Waals surface area (Å²) in [6.45, 7) is 2.95. The number of ketones is 2. The fourth-order valence-corrected chi connectivity index (χ4v) is 5.60. The lowest BCUT2D eigenvalue weighted by molar-refractivity contribution is -0.120. The quantitative estimate of drug-likeness (QED) is 0.353. The van der Waals surface area contributed by atoms with E-state index in [1.807, 2.05) is 84.9 Å². The molecule has 1 atom stereocenters. The van der Waals surface area contributed by atoms with Crippen molar-refractivity contribution in [3.8, 4) is 0 Å². The number of hydrazone groups is 1. The number of hydrogen-bond donors (Lipinski definition) is 1. The third kappa shape index (κ3) is 3.98. The maximum absolute atomic E-state index is 13.3. The van der Waals surface area contributed by atoms with E-state index < -0.39 is 4.99 Å². The Morgan fingerprint density at radius 1 is 0.912 bits per heavy atom. The molecule has 5 rings (SSSR count). The Labute approximate surface area is 205 Å². The largest absolute Gasteiger partial charge is 0.295 e. The molecule has 1 aliphatic heterocycles. The van der Waals surface area contributed by atoms with Crippen molar-refractivity contribution in [2.75, 3.05) is 10.0 Å². The van der Waals surface area contributed by atoms with Gasteiger partial charge in [-0.05, 0) is 55.1 Å². The number of nitrogens with one attached hydrogen (secondary N) is 1. The van der Waals surface area contributed by atoms with Crippen LogP contribution in [0.15, 0.2) is 90.0 Å². The summed E-state index contributed by atoms with van der Waals surface area (Å²) in [6, 6.07) is 26.9. The molecule has 0 bridgehead atoms. The Bertz CT molecular complexity index is 1360. The van der Waals surface area contributed by atoms with Crippen molar-refractivity contribution in [2.24, 2.45) is 5.10 Å². The van der Waals surface area contributed by atoms with Crippen LogP contribution >= 0.6 is 23.1 Å². The third-order valence-corrected chi connectivity index (χ3v) is 7.70. The highest BCUT2D eigenvalue weighted by Crippen LogP contribution is 2.42. The van der Waals surface area contributed by atoms with Gasteiger partial charge in [-0.3, -0.25) is 9.59 Å². The predicted molar refractivity (Wildman–Crippen MR) is 139 cm³/mol. The fraction of sp³-hybridized carbons (Fsp3) is 0.120. The zero-order valence-electron chi connectivity index (χ0n) is 18.5. The number of carbonyl (C=O) groups excluding carboxylic acids is 2. The Morgan fingerprint density at radius 3 is 2.21 bits per heavy atom. The highest BCUT2D eigenvalue weighted by Gasteiger charge is 2.51. The van der Waals surface area contributed by atoms with E-state index in [0.29, 0.717) is 10.8 Å². The molecule has 170 valence electrons. The first-order valence-corrected chi connectivity index (χ1v) is 12.2. The molecular formula is C25H21N5O2S2. The molecule has 3 aromatic carbocycles. The van der Waals surface area contributed by atoms with Crippen LogP contribution in [0.3, 0.4) is 0 Å². The lowest BCUT2D eigenvalue weighted by Gasteiger charge is -2.39. The molecule has 0 radical (unpaired) electrons. The van der Waals surface area contributed by atoms with Gasteiger partial charge >= 0.3 is 0 Å². The van der Waals surface area contributed by atoms with Crippen molar-refractivity contribution >= 4 is 66.4 Å². The van der Waals surface area contributed by atoms with E-state index in [0.717, 1.165) is 27.7 Å². The number of hydrazine groups is 1. The monoisotopic (exact) mass is 487 g/mol.